The first-order chi connectivity index (χ1) is 9.65. The lowest BCUT2D eigenvalue weighted by Gasteiger charge is -2.13. The molecule has 104 valence electrons. The molecule has 0 fully saturated rings. The second kappa shape index (κ2) is 5.93. The van der Waals surface area contributed by atoms with Crippen molar-refractivity contribution in [3.63, 3.8) is 0 Å². The van der Waals surface area contributed by atoms with Gasteiger partial charge in [0.1, 0.15) is 0 Å². The van der Waals surface area contributed by atoms with Gasteiger partial charge in [-0.2, -0.15) is 0 Å². The van der Waals surface area contributed by atoms with E-state index < -0.39 is 0 Å². The maximum absolute atomic E-state index is 5.99. The number of halogens is 1. The molecule has 1 unspecified atom stereocenters. The topological polar surface area (TPSA) is 24.9 Å². The van der Waals surface area contributed by atoms with Gasteiger partial charge in [0.2, 0.25) is 0 Å². The highest BCUT2D eigenvalue weighted by molar-refractivity contribution is 8.00. The maximum atomic E-state index is 5.99. The average molecular weight is 341 g/mol. The van der Waals surface area contributed by atoms with E-state index in [0.717, 1.165) is 19.9 Å². The Morgan fingerprint density at radius 1 is 1.35 bits per heavy atom. The zero-order valence-electron chi connectivity index (χ0n) is 11.0. The molecule has 3 rings (SSSR count). The number of rotatable bonds is 4. The highest BCUT2D eigenvalue weighted by Crippen LogP contribution is 2.32. The number of nitrogens with one attached hydrogen (secondary N) is 1. The summed E-state index contributed by atoms with van der Waals surface area (Å²) in [5.74, 6) is 0. The highest BCUT2D eigenvalue weighted by Gasteiger charge is 2.09. The Labute approximate surface area is 135 Å². The number of hydrogen-bond donors (Lipinski definition) is 1. The third-order valence-corrected chi connectivity index (χ3v) is 6.13. The quantitative estimate of drug-likeness (QED) is 0.598. The zero-order valence-corrected chi connectivity index (χ0v) is 14.2. The van der Waals surface area contributed by atoms with Gasteiger partial charge in [0, 0.05) is 11.7 Å². The molecule has 0 aliphatic rings. The molecule has 0 aliphatic heterocycles. The lowest BCUT2D eigenvalue weighted by Crippen LogP contribution is -2.05. The molecule has 2 heterocycles. The number of thiophene rings is 1. The van der Waals surface area contributed by atoms with Gasteiger partial charge < -0.3 is 5.32 Å². The molecule has 1 atom stereocenters. The van der Waals surface area contributed by atoms with E-state index in [1.54, 1.807) is 34.4 Å². The first-order valence-electron chi connectivity index (χ1n) is 6.11. The monoisotopic (exact) mass is 340 g/mol. The molecule has 0 saturated carbocycles. The van der Waals surface area contributed by atoms with E-state index in [1.165, 1.54) is 10.3 Å². The number of benzene rings is 1. The molecular formula is C14H13ClN2S3. The van der Waals surface area contributed by atoms with Crippen LogP contribution >= 0.6 is 46.0 Å². The number of fused-ring (bicyclic) bond motifs is 1. The van der Waals surface area contributed by atoms with E-state index in [1.807, 2.05) is 6.07 Å². The van der Waals surface area contributed by atoms with Crippen molar-refractivity contribution in [3.8, 4) is 0 Å². The SMILES string of the molecule is CSc1nc2ccc(NC(C)c3csc(Cl)c3)cc2s1. The number of nitrogens with zero attached hydrogens (tertiary/aromatic N) is 1. The van der Waals surface area contributed by atoms with Crippen LogP contribution in [0.4, 0.5) is 5.69 Å². The smallest absolute Gasteiger partial charge is 0.150 e. The molecule has 3 aromatic rings. The van der Waals surface area contributed by atoms with E-state index in [-0.39, 0.29) is 6.04 Å². The van der Waals surface area contributed by atoms with Gasteiger partial charge >= 0.3 is 0 Å². The van der Waals surface area contributed by atoms with Gasteiger partial charge in [0.25, 0.3) is 0 Å². The number of anilines is 1. The summed E-state index contributed by atoms with van der Waals surface area (Å²) in [7, 11) is 0. The zero-order chi connectivity index (χ0) is 14.1. The van der Waals surface area contributed by atoms with Crippen LogP contribution in [0.2, 0.25) is 4.34 Å². The molecule has 1 N–H and O–H groups in total. The van der Waals surface area contributed by atoms with Crippen LogP contribution in [0.1, 0.15) is 18.5 Å². The van der Waals surface area contributed by atoms with Crippen LogP contribution in [0, 0.1) is 0 Å². The van der Waals surface area contributed by atoms with Crippen LogP contribution in [0.15, 0.2) is 34.0 Å². The van der Waals surface area contributed by atoms with E-state index in [4.69, 9.17) is 11.6 Å². The fourth-order valence-electron chi connectivity index (χ4n) is 1.96. The standard InChI is InChI=1S/C14H13ClN2S3/c1-8(9-5-13(15)19-7-9)16-10-3-4-11-12(6-10)20-14(17-11)18-2/h3-8,16H,1-2H3. The summed E-state index contributed by atoms with van der Waals surface area (Å²) < 4.78 is 3.15. The van der Waals surface area contributed by atoms with Crippen molar-refractivity contribution < 1.29 is 0 Å². The van der Waals surface area contributed by atoms with Gasteiger partial charge in [-0.15, -0.1) is 22.7 Å². The Morgan fingerprint density at radius 2 is 2.20 bits per heavy atom. The summed E-state index contributed by atoms with van der Waals surface area (Å²) in [4.78, 5) is 4.55. The predicted octanol–water partition coefficient (Wildman–Crippen LogP) is 5.91. The van der Waals surface area contributed by atoms with Gasteiger partial charge in [0.15, 0.2) is 4.34 Å². The Hall–Kier alpha value is -0.750. The first-order valence-corrected chi connectivity index (χ1v) is 9.40. The fourth-order valence-corrected chi connectivity index (χ4v) is 4.48. The normalized spacial score (nSPS) is 12.8. The molecule has 0 aliphatic carbocycles. The summed E-state index contributed by atoms with van der Waals surface area (Å²) in [6.45, 7) is 2.14. The minimum Gasteiger partial charge on any atom is -0.378 e. The summed E-state index contributed by atoms with van der Waals surface area (Å²) in [5, 5.41) is 5.61. The van der Waals surface area contributed by atoms with Crippen molar-refractivity contribution in [1.29, 1.82) is 0 Å². The van der Waals surface area contributed by atoms with Crippen LogP contribution in [0.25, 0.3) is 10.2 Å². The molecule has 0 radical (unpaired) electrons. The van der Waals surface area contributed by atoms with Crippen LogP contribution < -0.4 is 5.32 Å². The summed E-state index contributed by atoms with van der Waals surface area (Å²) in [6.07, 6.45) is 2.05. The van der Waals surface area contributed by atoms with Crippen molar-refractivity contribution in [2.24, 2.45) is 0 Å². The van der Waals surface area contributed by atoms with E-state index in [2.05, 4.69) is 47.1 Å². The lowest BCUT2D eigenvalue weighted by molar-refractivity contribution is 0.891. The van der Waals surface area contributed by atoms with Gasteiger partial charge in [-0.25, -0.2) is 4.98 Å². The Morgan fingerprint density at radius 3 is 2.90 bits per heavy atom. The van der Waals surface area contributed by atoms with Gasteiger partial charge in [-0.3, -0.25) is 0 Å². The number of thiazole rings is 1. The third kappa shape index (κ3) is 2.96. The summed E-state index contributed by atoms with van der Waals surface area (Å²) >= 11 is 11.0. The number of thioether (sulfide) groups is 1. The Kier molecular flexibility index (Phi) is 4.21. The molecule has 20 heavy (non-hydrogen) atoms. The van der Waals surface area contributed by atoms with Crippen LogP contribution in [-0.2, 0) is 0 Å². The first kappa shape index (κ1) is 14.2. The van der Waals surface area contributed by atoms with E-state index >= 15 is 0 Å². The molecule has 0 saturated heterocycles. The van der Waals surface area contributed by atoms with Crippen LogP contribution in [-0.4, -0.2) is 11.2 Å². The van der Waals surface area contributed by atoms with E-state index in [0.29, 0.717) is 0 Å². The lowest BCUT2D eigenvalue weighted by atomic mass is 10.1. The second-order valence-corrected chi connectivity index (χ2v) is 8.04. The molecule has 0 amide bonds. The minimum absolute atomic E-state index is 0.240. The Bertz CT molecular complexity index is 735. The molecule has 6 heteroatoms. The van der Waals surface area contributed by atoms with Crippen LogP contribution in [0.3, 0.4) is 0 Å². The largest absolute Gasteiger partial charge is 0.378 e. The summed E-state index contributed by atoms with van der Waals surface area (Å²) in [6, 6.07) is 8.57. The van der Waals surface area contributed by atoms with Crippen molar-refractivity contribution in [3.05, 3.63) is 39.5 Å². The van der Waals surface area contributed by atoms with Gasteiger partial charge in [-0.05, 0) is 48.4 Å². The minimum atomic E-state index is 0.240. The number of hydrogen-bond acceptors (Lipinski definition) is 5. The van der Waals surface area contributed by atoms with Crippen LogP contribution in [0.5, 0.6) is 0 Å². The average Bonchev–Trinajstić information content (AvgIpc) is 3.03. The molecule has 1 aromatic carbocycles. The fraction of sp³-hybridized carbons (Fsp3) is 0.214. The molecule has 2 nitrogen and oxygen atoms in total. The third-order valence-electron chi connectivity index (χ3n) is 3.01. The molecule has 0 spiro atoms. The predicted molar refractivity (Wildman–Crippen MR) is 92.8 cm³/mol. The van der Waals surface area contributed by atoms with Gasteiger partial charge in [0.05, 0.1) is 14.6 Å². The van der Waals surface area contributed by atoms with Crippen molar-refractivity contribution in [2.75, 3.05) is 11.6 Å². The Balaban J connectivity index is 1.83. The van der Waals surface area contributed by atoms with E-state index in [9.17, 15) is 0 Å². The maximum Gasteiger partial charge on any atom is 0.150 e. The van der Waals surface area contributed by atoms with Crippen molar-refractivity contribution >= 4 is 61.9 Å². The summed E-state index contributed by atoms with van der Waals surface area (Å²) in [5.41, 5.74) is 3.40. The highest BCUT2D eigenvalue weighted by atomic mass is 35.5. The molecular weight excluding hydrogens is 328 g/mol. The second-order valence-electron chi connectivity index (χ2n) is 4.42. The van der Waals surface area contributed by atoms with Crippen molar-refractivity contribution in [2.45, 2.75) is 17.3 Å². The number of aromatic nitrogens is 1. The van der Waals surface area contributed by atoms with Crippen molar-refractivity contribution in [1.82, 2.24) is 4.98 Å². The molecule has 0 bridgehead atoms. The molecule has 2 aromatic heterocycles. The van der Waals surface area contributed by atoms with Gasteiger partial charge in [-0.1, -0.05) is 23.4 Å².